The number of cyclic esters (lactones) is 1. The van der Waals surface area contributed by atoms with Crippen molar-refractivity contribution in [2.45, 2.75) is 97.2 Å². The van der Waals surface area contributed by atoms with E-state index in [9.17, 15) is 9.90 Å². The zero-order valence-corrected chi connectivity index (χ0v) is 22.1. The molecule has 0 aromatic rings. The van der Waals surface area contributed by atoms with Crippen molar-refractivity contribution < 1.29 is 33.6 Å². The average Bonchev–Trinajstić information content (AvgIpc) is 2.71. The van der Waals surface area contributed by atoms with Gasteiger partial charge in [-0.15, -0.1) is 0 Å². The quantitative estimate of drug-likeness (QED) is 0.486. The largest absolute Gasteiger partial charge is 0.456 e. The van der Waals surface area contributed by atoms with E-state index in [1.807, 2.05) is 20.8 Å². The molecule has 192 valence electrons. The van der Waals surface area contributed by atoms with E-state index in [1.54, 1.807) is 21.0 Å². The fourth-order valence-corrected chi connectivity index (χ4v) is 5.08. The molecule has 0 aliphatic carbocycles. The van der Waals surface area contributed by atoms with Crippen LogP contribution in [0.15, 0.2) is 11.8 Å². The van der Waals surface area contributed by atoms with Gasteiger partial charge in [-0.3, -0.25) is 0 Å². The third-order valence-electron chi connectivity index (χ3n) is 6.93. The molecule has 8 nitrogen and oxygen atoms in total. The molecule has 2 heterocycles. The van der Waals surface area contributed by atoms with Gasteiger partial charge in [-0.2, -0.15) is 0 Å². The van der Waals surface area contributed by atoms with Crippen LogP contribution in [-0.4, -0.2) is 79.7 Å². The standard InChI is InChI=1S/C25H45NO7/c1-15(14-27)13-25(7,29-10)22(18(4)20-12-21(28)33-24(5,6)32-20)31-23-17(3)19(26(8)9)11-16(2)30-23/h12,15-19,22-23,27H,11,13-14H2,1-10H3/t15-,16-,17?,18-,19?,22-,23+,25-/m1/s1. The van der Waals surface area contributed by atoms with Crippen LogP contribution in [0.25, 0.3) is 0 Å². The summed E-state index contributed by atoms with van der Waals surface area (Å²) in [6.45, 7) is 13.6. The highest BCUT2D eigenvalue weighted by molar-refractivity contribution is 5.83. The molecule has 2 aliphatic rings. The van der Waals surface area contributed by atoms with Gasteiger partial charge in [-0.05, 0) is 46.7 Å². The van der Waals surface area contributed by atoms with Crippen molar-refractivity contribution in [3.63, 3.8) is 0 Å². The summed E-state index contributed by atoms with van der Waals surface area (Å²) in [5.74, 6) is -1.25. The van der Waals surface area contributed by atoms with Crippen molar-refractivity contribution in [1.29, 1.82) is 0 Å². The Hall–Kier alpha value is -1.19. The molecule has 8 heteroatoms. The van der Waals surface area contributed by atoms with Crippen LogP contribution < -0.4 is 0 Å². The molecule has 2 rings (SSSR count). The van der Waals surface area contributed by atoms with Crippen LogP contribution in [0.4, 0.5) is 0 Å². The van der Waals surface area contributed by atoms with Gasteiger partial charge in [-0.25, -0.2) is 4.79 Å². The lowest BCUT2D eigenvalue weighted by atomic mass is 9.81. The third-order valence-corrected chi connectivity index (χ3v) is 6.93. The maximum atomic E-state index is 12.2. The normalized spacial score (nSPS) is 32.2. The van der Waals surface area contributed by atoms with E-state index >= 15 is 0 Å². The van der Waals surface area contributed by atoms with Crippen LogP contribution in [0.2, 0.25) is 0 Å². The van der Waals surface area contributed by atoms with Crippen molar-refractivity contribution in [2.24, 2.45) is 17.8 Å². The number of methoxy groups -OCH3 is 1. The number of ether oxygens (including phenoxy) is 5. The topological polar surface area (TPSA) is 86.7 Å². The molecule has 33 heavy (non-hydrogen) atoms. The minimum Gasteiger partial charge on any atom is -0.456 e. The van der Waals surface area contributed by atoms with Crippen LogP contribution in [0.1, 0.15) is 61.3 Å². The Labute approximate surface area is 199 Å². The molecular formula is C25H45NO7. The predicted molar refractivity (Wildman–Crippen MR) is 125 cm³/mol. The Morgan fingerprint density at radius 3 is 2.42 bits per heavy atom. The van der Waals surface area contributed by atoms with E-state index in [0.717, 1.165) is 6.42 Å². The molecule has 0 amide bonds. The van der Waals surface area contributed by atoms with Crippen molar-refractivity contribution in [3.8, 4) is 0 Å². The predicted octanol–water partition coefficient (Wildman–Crippen LogP) is 3.33. The minimum atomic E-state index is -1.07. The van der Waals surface area contributed by atoms with Gasteiger partial charge < -0.3 is 33.7 Å². The molecule has 0 bridgehead atoms. The fraction of sp³-hybridized carbons (Fsp3) is 0.880. The molecule has 0 spiro atoms. The number of rotatable bonds is 10. The van der Waals surface area contributed by atoms with E-state index in [0.29, 0.717) is 18.2 Å². The first-order valence-electron chi connectivity index (χ1n) is 12.0. The maximum absolute atomic E-state index is 12.2. The monoisotopic (exact) mass is 471 g/mol. The van der Waals surface area contributed by atoms with Crippen LogP contribution >= 0.6 is 0 Å². The Balaban J connectivity index is 2.43. The first-order chi connectivity index (χ1) is 15.2. The van der Waals surface area contributed by atoms with Crippen molar-refractivity contribution in [3.05, 3.63) is 11.8 Å². The Bertz CT molecular complexity index is 694. The lowest BCUT2D eigenvalue weighted by Gasteiger charge is -2.48. The summed E-state index contributed by atoms with van der Waals surface area (Å²) in [6.07, 6.45) is 1.93. The van der Waals surface area contributed by atoms with Gasteiger partial charge in [-0.1, -0.05) is 20.8 Å². The SMILES string of the molecule is CO[C@](C)(C[C@@H](C)CO)[C@H](O[C@@H]1O[C@H](C)CC(N(C)C)C1C)[C@H](C)C1=CC(=O)OC(C)(C)O1. The highest BCUT2D eigenvalue weighted by Crippen LogP contribution is 2.40. The van der Waals surface area contributed by atoms with Crippen molar-refractivity contribution in [2.75, 3.05) is 27.8 Å². The second kappa shape index (κ2) is 11.0. The highest BCUT2D eigenvalue weighted by atomic mass is 16.7. The van der Waals surface area contributed by atoms with Gasteiger partial charge in [0.25, 0.3) is 0 Å². The summed E-state index contributed by atoms with van der Waals surface area (Å²) in [7, 11) is 5.80. The highest BCUT2D eigenvalue weighted by Gasteiger charge is 2.47. The molecule has 2 unspecified atom stereocenters. The molecule has 0 aromatic heterocycles. The van der Waals surface area contributed by atoms with Crippen LogP contribution in [0, 0.1) is 17.8 Å². The van der Waals surface area contributed by atoms with Gasteiger partial charge in [0.15, 0.2) is 6.29 Å². The van der Waals surface area contributed by atoms with Gasteiger partial charge in [0.1, 0.15) is 5.76 Å². The molecule has 1 saturated heterocycles. The first kappa shape index (κ1) is 28.1. The summed E-state index contributed by atoms with van der Waals surface area (Å²) in [4.78, 5) is 14.5. The molecule has 1 N–H and O–H groups in total. The molecule has 8 atom stereocenters. The second-order valence-electron chi connectivity index (χ2n) is 10.8. The molecule has 0 saturated carbocycles. The molecular weight excluding hydrogens is 426 g/mol. The molecule has 2 aliphatic heterocycles. The summed E-state index contributed by atoms with van der Waals surface area (Å²) in [5, 5.41) is 9.74. The van der Waals surface area contributed by atoms with Crippen LogP contribution in [0.3, 0.4) is 0 Å². The van der Waals surface area contributed by atoms with Gasteiger partial charge in [0.05, 0.1) is 23.9 Å². The maximum Gasteiger partial charge on any atom is 0.337 e. The third kappa shape index (κ3) is 6.92. The van der Waals surface area contributed by atoms with E-state index < -0.39 is 29.8 Å². The Morgan fingerprint density at radius 1 is 1.27 bits per heavy atom. The number of carbonyl (C=O) groups is 1. The number of carbonyl (C=O) groups excluding carboxylic acids is 1. The van der Waals surface area contributed by atoms with E-state index in [4.69, 9.17) is 23.7 Å². The van der Waals surface area contributed by atoms with E-state index in [2.05, 4.69) is 32.8 Å². The van der Waals surface area contributed by atoms with Gasteiger partial charge >= 0.3 is 5.97 Å². The fourth-order valence-electron chi connectivity index (χ4n) is 5.08. The lowest BCUT2D eigenvalue weighted by molar-refractivity contribution is -0.285. The zero-order chi connectivity index (χ0) is 25.1. The van der Waals surface area contributed by atoms with Gasteiger partial charge in [0.2, 0.25) is 5.79 Å². The molecule has 0 radical (unpaired) electrons. The smallest absolute Gasteiger partial charge is 0.337 e. The number of aliphatic hydroxyl groups excluding tert-OH is 1. The minimum absolute atomic E-state index is 0.00550. The van der Waals surface area contributed by atoms with E-state index in [-0.39, 0.29) is 30.5 Å². The average molecular weight is 472 g/mol. The van der Waals surface area contributed by atoms with Crippen molar-refractivity contribution >= 4 is 5.97 Å². The summed E-state index contributed by atoms with van der Waals surface area (Å²) < 4.78 is 30.4. The van der Waals surface area contributed by atoms with Gasteiger partial charge in [0, 0.05) is 45.4 Å². The number of hydrogen-bond donors (Lipinski definition) is 1. The summed E-state index contributed by atoms with van der Waals surface area (Å²) in [6, 6.07) is 0.305. The summed E-state index contributed by atoms with van der Waals surface area (Å²) >= 11 is 0. The molecule has 1 fully saturated rings. The Morgan fingerprint density at radius 2 is 1.91 bits per heavy atom. The number of nitrogens with zero attached hydrogens (tertiary/aromatic N) is 1. The Kier molecular flexibility index (Phi) is 9.38. The van der Waals surface area contributed by atoms with E-state index in [1.165, 1.54) is 6.08 Å². The number of esters is 1. The summed E-state index contributed by atoms with van der Waals surface area (Å²) in [5.41, 5.74) is -0.769. The first-order valence-corrected chi connectivity index (χ1v) is 12.0. The number of aliphatic hydroxyl groups is 1. The van der Waals surface area contributed by atoms with Crippen LogP contribution in [-0.2, 0) is 28.5 Å². The second-order valence-corrected chi connectivity index (χ2v) is 10.8. The molecule has 0 aromatic carbocycles. The number of hydrogen-bond acceptors (Lipinski definition) is 8. The van der Waals surface area contributed by atoms with Crippen molar-refractivity contribution in [1.82, 2.24) is 4.90 Å². The van der Waals surface area contributed by atoms with Crippen LogP contribution in [0.5, 0.6) is 0 Å². The zero-order valence-electron chi connectivity index (χ0n) is 22.1. The lowest BCUT2D eigenvalue weighted by Crippen LogP contribution is -2.55.